The number of carbonyl (C=O) groups is 2. The summed E-state index contributed by atoms with van der Waals surface area (Å²) in [6, 6.07) is 10.5. The lowest BCUT2D eigenvalue weighted by molar-refractivity contribution is -0.137. The van der Waals surface area contributed by atoms with Crippen LogP contribution in [-0.4, -0.2) is 54.2 Å². The van der Waals surface area contributed by atoms with E-state index in [1.54, 1.807) is 44.6 Å². The number of β-amino-alcohol motifs (C(OH)–C–C–N with tert-alkyl or cyclic N) is 1. The van der Waals surface area contributed by atoms with E-state index in [1.165, 1.54) is 6.08 Å². The second kappa shape index (κ2) is 7.88. The van der Waals surface area contributed by atoms with E-state index in [-0.39, 0.29) is 18.8 Å². The minimum Gasteiger partial charge on any atom is -0.493 e. The van der Waals surface area contributed by atoms with Gasteiger partial charge in [0.05, 0.1) is 27.4 Å². The molecule has 0 saturated heterocycles. The first kappa shape index (κ1) is 19.5. The van der Waals surface area contributed by atoms with Gasteiger partial charge in [0.1, 0.15) is 11.2 Å². The Morgan fingerprint density at radius 2 is 1.90 bits per heavy atom. The molecule has 9 heteroatoms. The Hall–Kier alpha value is -3.85. The Bertz CT molecular complexity index is 1170. The van der Waals surface area contributed by atoms with Gasteiger partial charge in [-0.15, -0.1) is 0 Å². The molecule has 2 amide bonds. The molecule has 3 aromatic rings. The minimum atomic E-state index is -0.486. The zero-order chi connectivity index (χ0) is 21.3. The highest BCUT2D eigenvalue weighted by molar-refractivity contribution is 6.17. The summed E-state index contributed by atoms with van der Waals surface area (Å²) in [5, 5.41) is 11.9. The molecule has 0 atom stereocenters. The van der Waals surface area contributed by atoms with E-state index < -0.39 is 11.8 Å². The monoisotopic (exact) mass is 409 g/mol. The van der Waals surface area contributed by atoms with Gasteiger partial charge in [-0.25, -0.2) is 4.98 Å². The van der Waals surface area contributed by atoms with Crippen molar-refractivity contribution in [3.05, 3.63) is 48.2 Å². The fourth-order valence-corrected chi connectivity index (χ4v) is 3.16. The smallest absolute Gasteiger partial charge is 0.277 e. The Kier molecular flexibility index (Phi) is 5.11. The first-order chi connectivity index (χ1) is 14.5. The summed E-state index contributed by atoms with van der Waals surface area (Å²) in [6.07, 6.45) is 1.21. The molecule has 1 aliphatic rings. The van der Waals surface area contributed by atoms with Crippen molar-refractivity contribution in [2.75, 3.05) is 32.7 Å². The zero-order valence-corrected chi connectivity index (χ0v) is 16.3. The average Bonchev–Trinajstić information content (AvgIpc) is 3.29. The van der Waals surface area contributed by atoms with Crippen molar-refractivity contribution in [2.24, 2.45) is 0 Å². The third kappa shape index (κ3) is 3.46. The predicted octanol–water partition coefficient (Wildman–Crippen LogP) is 2.17. The lowest BCUT2D eigenvalue weighted by Gasteiger charge is -2.13. The number of benzene rings is 2. The molecule has 0 spiro atoms. The molecule has 4 rings (SSSR count). The van der Waals surface area contributed by atoms with Crippen LogP contribution in [0.15, 0.2) is 52.6 Å². The van der Waals surface area contributed by atoms with E-state index in [0.29, 0.717) is 34.2 Å². The molecule has 0 fully saturated rings. The molecule has 2 N–H and O–H groups in total. The summed E-state index contributed by atoms with van der Waals surface area (Å²) in [5.41, 5.74) is 2.58. The molecule has 0 saturated carbocycles. The molecule has 9 nitrogen and oxygen atoms in total. The molecule has 0 radical (unpaired) electrons. The highest BCUT2D eigenvalue weighted by Crippen LogP contribution is 2.33. The second-order valence-electron chi connectivity index (χ2n) is 6.47. The van der Waals surface area contributed by atoms with Crippen molar-refractivity contribution in [1.29, 1.82) is 0 Å². The van der Waals surface area contributed by atoms with Crippen LogP contribution in [0.4, 0.5) is 5.69 Å². The first-order valence-corrected chi connectivity index (χ1v) is 9.12. The van der Waals surface area contributed by atoms with Crippen molar-refractivity contribution >= 4 is 28.6 Å². The van der Waals surface area contributed by atoms with Crippen LogP contribution in [-0.2, 0) is 9.59 Å². The number of anilines is 1. The SMILES string of the molecule is COc1ccc(-c2nc3cc(NC4=CC(=O)N(CCO)C4=O)ccc3o2)cc1OC. The number of ether oxygens (including phenoxy) is 2. The number of hydrogen-bond acceptors (Lipinski definition) is 8. The highest BCUT2D eigenvalue weighted by atomic mass is 16.5. The van der Waals surface area contributed by atoms with Crippen LogP contribution in [0.3, 0.4) is 0 Å². The van der Waals surface area contributed by atoms with Gasteiger partial charge < -0.3 is 24.3 Å². The van der Waals surface area contributed by atoms with Gasteiger partial charge in [-0.1, -0.05) is 0 Å². The van der Waals surface area contributed by atoms with E-state index in [9.17, 15) is 9.59 Å². The van der Waals surface area contributed by atoms with Gasteiger partial charge in [-0.05, 0) is 36.4 Å². The molecule has 2 heterocycles. The molecular weight excluding hydrogens is 390 g/mol. The summed E-state index contributed by atoms with van der Waals surface area (Å²) >= 11 is 0. The summed E-state index contributed by atoms with van der Waals surface area (Å²) < 4.78 is 16.4. The van der Waals surface area contributed by atoms with E-state index in [1.807, 2.05) is 6.07 Å². The molecule has 1 aliphatic heterocycles. The Balaban J connectivity index is 1.60. The normalized spacial score (nSPS) is 13.7. The number of methoxy groups -OCH3 is 2. The van der Waals surface area contributed by atoms with Gasteiger partial charge in [0.15, 0.2) is 17.1 Å². The lowest BCUT2D eigenvalue weighted by atomic mass is 10.2. The number of amides is 2. The molecule has 0 bridgehead atoms. The van der Waals surface area contributed by atoms with Crippen LogP contribution in [0.5, 0.6) is 11.5 Å². The van der Waals surface area contributed by atoms with Gasteiger partial charge in [-0.3, -0.25) is 14.5 Å². The van der Waals surface area contributed by atoms with Crippen molar-refractivity contribution in [2.45, 2.75) is 0 Å². The fourth-order valence-electron chi connectivity index (χ4n) is 3.16. The number of aromatic nitrogens is 1. The minimum absolute atomic E-state index is 0.0453. The molecule has 0 unspecified atom stereocenters. The molecule has 2 aromatic carbocycles. The Labute approximate surface area is 171 Å². The quantitative estimate of drug-likeness (QED) is 0.571. The molecular formula is C21H19N3O6. The van der Waals surface area contributed by atoms with E-state index >= 15 is 0 Å². The van der Waals surface area contributed by atoms with Crippen molar-refractivity contribution in [1.82, 2.24) is 9.88 Å². The maximum absolute atomic E-state index is 12.3. The van der Waals surface area contributed by atoms with Crippen molar-refractivity contribution in [3.8, 4) is 23.0 Å². The second-order valence-corrected chi connectivity index (χ2v) is 6.47. The summed E-state index contributed by atoms with van der Waals surface area (Å²) in [4.78, 5) is 29.6. The fraction of sp³-hybridized carbons (Fsp3) is 0.190. The third-order valence-electron chi connectivity index (χ3n) is 4.63. The summed E-state index contributed by atoms with van der Waals surface area (Å²) in [7, 11) is 3.11. The Morgan fingerprint density at radius 1 is 1.10 bits per heavy atom. The van der Waals surface area contributed by atoms with Gasteiger partial charge in [0.2, 0.25) is 5.89 Å². The number of nitrogens with one attached hydrogen (secondary N) is 1. The average molecular weight is 409 g/mol. The summed E-state index contributed by atoms with van der Waals surface area (Å²) in [6.45, 7) is -0.335. The van der Waals surface area contributed by atoms with Gasteiger partial charge in [0, 0.05) is 17.3 Å². The van der Waals surface area contributed by atoms with Gasteiger partial charge in [0.25, 0.3) is 11.8 Å². The molecule has 1 aromatic heterocycles. The number of fused-ring (bicyclic) bond motifs is 1. The van der Waals surface area contributed by atoms with Crippen LogP contribution in [0.2, 0.25) is 0 Å². The Morgan fingerprint density at radius 3 is 2.63 bits per heavy atom. The number of nitrogens with zero attached hydrogens (tertiary/aromatic N) is 2. The molecule has 30 heavy (non-hydrogen) atoms. The van der Waals surface area contributed by atoms with Crippen molar-refractivity contribution in [3.63, 3.8) is 0 Å². The van der Waals surface area contributed by atoms with Crippen LogP contribution in [0.1, 0.15) is 0 Å². The maximum Gasteiger partial charge on any atom is 0.277 e. The predicted molar refractivity (Wildman–Crippen MR) is 108 cm³/mol. The van der Waals surface area contributed by atoms with Crippen LogP contribution >= 0.6 is 0 Å². The standard InChI is InChI=1S/C21H19N3O6/c1-28-17-5-3-12(9-18(17)29-2)20-23-14-10-13(4-6-16(14)30-20)22-15-11-19(26)24(7-8-25)21(15)27/h3-6,9-11,22,25H,7-8H2,1-2H3. The number of imide groups is 1. The van der Waals surface area contributed by atoms with Crippen molar-refractivity contribution < 1.29 is 28.6 Å². The topological polar surface area (TPSA) is 114 Å². The summed E-state index contributed by atoms with van der Waals surface area (Å²) in [5.74, 6) is 0.616. The molecule has 154 valence electrons. The van der Waals surface area contributed by atoms with E-state index in [4.69, 9.17) is 19.0 Å². The number of hydrogen-bond donors (Lipinski definition) is 2. The van der Waals surface area contributed by atoms with E-state index in [0.717, 1.165) is 10.5 Å². The number of rotatable bonds is 7. The number of oxazole rings is 1. The lowest BCUT2D eigenvalue weighted by Crippen LogP contribution is -2.34. The molecule has 0 aliphatic carbocycles. The largest absolute Gasteiger partial charge is 0.493 e. The number of aliphatic hydroxyl groups excluding tert-OH is 1. The van der Waals surface area contributed by atoms with Crippen LogP contribution in [0, 0.1) is 0 Å². The van der Waals surface area contributed by atoms with Crippen LogP contribution in [0.25, 0.3) is 22.6 Å². The number of aliphatic hydroxyl groups is 1. The van der Waals surface area contributed by atoms with Crippen LogP contribution < -0.4 is 14.8 Å². The third-order valence-corrected chi connectivity index (χ3v) is 4.63. The maximum atomic E-state index is 12.3. The van der Waals surface area contributed by atoms with E-state index in [2.05, 4.69) is 10.3 Å². The van der Waals surface area contributed by atoms with Gasteiger partial charge in [-0.2, -0.15) is 0 Å². The first-order valence-electron chi connectivity index (χ1n) is 9.12. The zero-order valence-electron chi connectivity index (χ0n) is 16.3. The number of carbonyl (C=O) groups excluding carboxylic acids is 2. The van der Waals surface area contributed by atoms with Gasteiger partial charge >= 0.3 is 0 Å². The highest BCUT2D eigenvalue weighted by Gasteiger charge is 2.30.